The van der Waals surface area contributed by atoms with Gasteiger partial charge in [-0.3, -0.25) is 24.3 Å². The molecular formula is C20H28N5O3S+. The van der Waals surface area contributed by atoms with Gasteiger partial charge in [-0.15, -0.1) is 0 Å². The topological polar surface area (TPSA) is 82.6 Å². The number of piperazine rings is 1. The van der Waals surface area contributed by atoms with Crippen LogP contribution in [0.4, 0.5) is 5.88 Å². The Morgan fingerprint density at radius 3 is 2.48 bits per heavy atom. The van der Waals surface area contributed by atoms with Crippen LogP contribution in [0.3, 0.4) is 0 Å². The summed E-state index contributed by atoms with van der Waals surface area (Å²) >= 11 is 0.987. The van der Waals surface area contributed by atoms with E-state index in [0.29, 0.717) is 11.6 Å². The molecule has 0 saturated carbocycles. The second kappa shape index (κ2) is 9.41. The van der Waals surface area contributed by atoms with E-state index in [4.69, 9.17) is 4.52 Å². The highest BCUT2D eigenvalue weighted by Gasteiger charge is 2.27. The van der Waals surface area contributed by atoms with Crippen LogP contribution in [0.5, 0.6) is 0 Å². The van der Waals surface area contributed by atoms with Crippen molar-refractivity contribution in [3.05, 3.63) is 41.1 Å². The molecule has 0 bridgehead atoms. The van der Waals surface area contributed by atoms with Crippen molar-refractivity contribution in [2.45, 2.75) is 33.7 Å². The maximum absolute atomic E-state index is 12.5. The molecule has 9 heteroatoms. The zero-order valence-electron chi connectivity index (χ0n) is 17.3. The number of nitrogens with one attached hydrogen (secondary N) is 1. The molecule has 1 fully saturated rings. The first kappa shape index (κ1) is 21.3. The highest BCUT2D eigenvalue weighted by Crippen LogP contribution is 2.20. The summed E-state index contributed by atoms with van der Waals surface area (Å²) in [5, 5.41) is 8.62. The lowest BCUT2D eigenvalue weighted by molar-refractivity contribution is -0.759. The van der Waals surface area contributed by atoms with Crippen LogP contribution in [0.1, 0.15) is 35.3 Å². The van der Waals surface area contributed by atoms with Crippen molar-refractivity contribution in [2.24, 2.45) is 0 Å². The predicted molar refractivity (Wildman–Crippen MR) is 113 cm³/mol. The van der Waals surface area contributed by atoms with E-state index in [1.807, 2.05) is 32.0 Å². The average molecular weight is 419 g/mol. The van der Waals surface area contributed by atoms with Gasteiger partial charge in [0.15, 0.2) is 0 Å². The van der Waals surface area contributed by atoms with Gasteiger partial charge in [-0.1, -0.05) is 30.0 Å². The maximum atomic E-state index is 12.5. The summed E-state index contributed by atoms with van der Waals surface area (Å²) in [5.41, 5.74) is 2.50. The molecule has 2 aromatic rings. The smallest absolute Gasteiger partial charge is 0.297 e. The van der Waals surface area contributed by atoms with Gasteiger partial charge in [0, 0.05) is 24.7 Å². The third kappa shape index (κ3) is 5.36. The third-order valence-electron chi connectivity index (χ3n) is 5.05. The number of hydrogen-bond acceptors (Lipinski definition) is 7. The zero-order chi connectivity index (χ0) is 21.0. The number of hydrogen-bond donors (Lipinski definition) is 1. The lowest BCUT2D eigenvalue weighted by Gasteiger charge is -2.32. The van der Waals surface area contributed by atoms with E-state index in [0.717, 1.165) is 49.1 Å². The minimum atomic E-state index is -0.303. The molecule has 3 rings (SSSR count). The lowest BCUT2D eigenvalue weighted by Crippen LogP contribution is -2.65. The van der Waals surface area contributed by atoms with Crippen LogP contribution >= 0.6 is 11.8 Å². The Kier molecular flexibility index (Phi) is 6.92. The Bertz CT molecular complexity index is 855. The molecule has 0 atom stereocenters. The Hall–Kier alpha value is -2.39. The molecule has 1 saturated heterocycles. The van der Waals surface area contributed by atoms with Crippen LogP contribution < -0.4 is 15.1 Å². The summed E-state index contributed by atoms with van der Waals surface area (Å²) in [7, 11) is 0. The summed E-state index contributed by atoms with van der Waals surface area (Å²) in [4.78, 5) is 28.7. The van der Waals surface area contributed by atoms with E-state index in [2.05, 4.69) is 34.3 Å². The van der Waals surface area contributed by atoms with E-state index in [-0.39, 0.29) is 22.7 Å². The maximum Gasteiger partial charge on any atom is 0.305 e. The molecule has 0 radical (unpaired) electrons. The van der Waals surface area contributed by atoms with Gasteiger partial charge in [-0.05, 0) is 38.8 Å². The number of carbonyl (C=O) groups excluding carboxylic acids is 2. The van der Waals surface area contributed by atoms with Crippen LogP contribution in [0.2, 0.25) is 0 Å². The summed E-state index contributed by atoms with van der Waals surface area (Å²) in [6.45, 7) is 11.8. The van der Waals surface area contributed by atoms with Crippen molar-refractivity contribution < 1.29 is 18.9 Å². The summed E-state index contributed by atoms with van der Waals surface area (Å²) < 4.78 is 5.22. The largest absolute Gasteiger partial charge is 0.305 e. The van der Waals surface area contributed by atoms with Crippen molar-refractivity contribution >= 4 is 28.7 Å². The van der Waals surface area contributed by atoms with Crippen LogP contribution in [0.15, 0.2) is 28.9 Å². The molecule has 2 heterocycles. The first-order valence-electron chi connectivity index (χ1n) is 9.76. The quantitative estimate of drug-likeness (QED) is 0.716. The zero-order valence-corrected chi connectivity index (χ0v) is 18.2. The summed E-state index contributed by atoms with van der Waals surface area (Å²) in [6, 6.07) is 6.24. The van der Waals surface area contributed by atoms with E-state index in [9.17, 15) is 9.59 Å². The number of aromatic nitrogens is 2. The highest BCUT2D eigenvalue weighted by molar-refractivity contribution is 8.14. The number of carbonyl (C=O) groups is 2. The number of nitrogens with zero attached hydrogens (tertiary/aromatic N) is 4. The van der Waals surface area contributed by atoms with Crippen molar-refractivity contribution in [3.63, 3.8) is 0 Å². The van der Waals surface area contributed by atoms with E-state index >= 15 is 0 Å². The van der Waals surface area contributed by atoms with Crippen LogP contribution in [0, 0.1) is 13.8 Å². The van der Waals surface area contributed by atoms with Gasteiger partial charge < -0.3 is 0 Å². The van der Waals surface area contributed by atoms with E-state index in [1.165, 1.54) is 0 Å². The number of benzene rings is 1. The summed E-state index contributed by atoms with van der Waals surface area (Å²) in [5.74, 6) is -0.0238. The van der Waals surface area contributed by atoms with Gasteiger partial charge in [-0.2, -0.15) is 5.01 Å². The average Bonchev–Trinajstić information content (AvgIpc) is 3.14. The monoisotopic (exact) mass is 418 g/mol. The van der Waals surface area contributed by atoms with Gasteiger partial charge in [0.05, 0.1) is 23.6 Å². The Morgan fingerprint density at radius 2 is 1.86 bits per heavy atom. The molecular weight excluding hydrogens is 390 g/mol. The fourth-order valence-corrected chi connectivity index (χ4v) is 4.17. The first-order chi connectivity index (χ1) is 13.8. The van der Waals surface area contributed by atoms with Gasteiger partial charge in [0.25, 0.3) is 6.20 Å². The first-order valence-corrected chi connectivity index (χ1v) is 10.7. The molecule has 8 nitrogen and oxygen atoms in total. The lowest BCUT2D eigenvalue weighted by atomic mass is 10.0. The van der Waals surface area contributed by atoms with Crippen LogP contribution in [-0.2, 0) is 4.79 Å². The van der Waals surface area contributed by atoms with Crippen molar-refractivity contribution in [1.29, 1.82) is 0 Å². The SMILES string of the molecule is Cc1cccc(C)c1C(=O)SCC(=O)Nc1c[n+](N2CCN(C(C)C)CC2)no1. The molecule has 1 aliphatic rings. The van der Waals surface area contributed by atoms with Crippen molar-refractivity contribution in [2.75, 3.05) is 42.3 Å². The van der Waals surface area contributed by atoms with Gasteiger partial charge in [0.1, 0.15) is 0 Å². The third-order valence-corrected chi connectivity index (χ3v) is 5.92. The Labute approximate surface area is 175 Å². The van der Waals surface area contributed by atoms with Crippen molar-refractivity contribution in [3.8, 4) is 0 Å². The number of anilines is 1. The van der Waals surface area contributed by atoms with E-state index in [1.54, 1.807) is 11.0 Å². The standard InChI is InChI=1S/C20H27N5O3S/c1-14(2)23-8-10-24(11-9-23)25-12-18(28-22-25)21-17(26)13-29-20(27)19-15(3)6-5-7-16(19)4/h5-7,12,14H,8-11,13H2,1-4H3/p+1. The van der Waals surface area contributed by atoms with Crippen LogP contribution in [0.25, 0.3) is 0 Å². The molecule has 0 aliphatic carbocycles. The minimum absolute atomic E-state index is 0.0143. The minimum Gasteiger partial charge on any atom is -0.297 e. The van der Waals surface area contributed by atoms with Crippen LogP contribution in [-0.4, -0.2) is 59.2 Å². The van der Waals surface area contributed by atoms with Crippen molar-refractivity contribution in [1.82, 2.24) is 10.2 Å². The second-order valence-electron chi connectivity index (χ2n) is 7.46. The molecule has 0 spiro atoms. The second-order valence-corrected chi connectivity index (χ2v) is 8.41. The Morgan fingerprint density at radius 1 is 1.21 bits per heavy atom. The molecule has 1 N–H and O–H groups in total. The Balaban J connectivity index is 1.50. The van der Waals surface area contributed by atoms with E-state index < -0.39 is 0 Å². The molecule has 29 heavy (non-hydrogen) atoms. The number of aryl methyl sites for hydroxylation is 2. The normalized spacial score (nSPS) is 15.0. The molecule has 156 valence electrons. The molecule has 1 amide bonds. The summed E-state index contributed by atoms with van der Waals surface area (Å²) in [6.07, 6.45) is 1.65. The van der Waals surface area contributed by atoms with Gasteiger partial charge in [0.2, 0.25) is 16.3 Å². The fraction of sp³-hybridized carbons (Fsp3) is 0.500. The predicted octanol–water partition coefficient (Wildman–Crippen LogP) is 1.75. The van der Waals surface area contributed by atoms with Gasteiger partial charge >= 0.3 is 5.88 Å². The van der Waals surface area contributed by atoms with Gasteiger partial charge in [-0.25, -0.2) is 0 Å². The fourth-order valence-electron chi connectivity index (χ4n) is 3.37. The molecule has 1 aromatic carbocycles. The number of amides is 1. The molecule has 0 unspecified atom stereocenters. The molecule has 1 aromatic heterocycles. The highest BCUT2D eigenvalue weighted by atomic mass is 32.2. The number of rotatable bonds is 6. The number of thioether (sulfide) groups is 1. The molecule has 1 aliphatic heterocycles.